The molecule has 0 heterocycles. The molecule has 0 bridgehead atoms. The van der Waals surface area contributed by atoms with Crippen molar-refractivity contribution in [2.24, 2.45) is 11.8 Å². The number of halogens is 5. The Labute approximate surface area is 191 Å². The molecule has 0 unspecified atom stereocenters. The van der Waals surface area contributed by atoms with Crippen molar-refractivity contribution in [2.75, 3.05) is 6.61 Å². The molecule has 1 saturated carbocycles. The topological polar surface area (TPSA) is 18.5 Å². The van der Waals surface area contributed by atoms with Gasteiger partial charge in [-0.25, -0.2) is 8.78 Å². The van der Waals surface area contributed by atoms with Gasteiger partial charge in [-0.2, -0.15) is 13.2 Å². The molecule has 0 spiro atoms. The van der Waals surface area contributed by atoms with Gasteiger partial charge in [0.25, 0.3) is 0 Å². The molecule has 0 N–H and O–H groups in total. The van der Waals surface area contributed by atoms with E-state index in [9.17, 15) is 22.0 Å². The molecule has 2 aromatic rings. The summed E-state index contributed by atoms with van der Waals surface area (Å²) in [6.45, 7) is 3.92. The average molecular weight is 469 g/mol. The summed E-state index contributed by atoms with van der Waals surface area (Å²) in [6.07, 6.45) is 4.47. The molecule has 180 valence electrons. The lowest BCUT2D eigenvalue weighted by Gasteiger charge is -2.26. The number of rotatable bonds is 9. The summed E-state index contributed by atoms with van der Waals surface area (Å²) in [7, 11) is 0. The van der Waals surface area contributed by atoms with E-state index in [2.05, 4.69) is 11.7 Å². The fraction of sp³-hybridized carbons (Fsp3) is 0.462. The highest BCUT2D eigenvalue weighted by Crippen LogP contribution is 2.35. The molecule has 0 aliphatic heterocycles. The molecular formula is C26H29F5O2. The third-order valence-electron chi connectivity index (χ3n) is 5.99. The SMILES string of the molecule is CCCC1CCC(/C=C/C(F)(F)Oc2ccc(-c3ccc(OCC)c(F)c3F)cc2F)CC1. The zero-order chi connectivity index (χ0) is 24.0. The quantitative estimate of drug-likeness (QED) is 0.272. The molecule has 2 aromatic carbocycles. The first-order valence-electron chi connectivity index (χ1n) is 11.4. The van der Waals surface area contributed by atoms with Crippen molar-refractivity contribution in [3.63, 3.8) is 0 Å². The highest BCUT2D eigenvalue weighted by molar-refractivity contribution is 5.66. The molecule has 0 saturated heterocycles. The second-order valence-corrected chi connectivity index (χ2v) is 8.41. The van der Waals surface area contributed by atoms with Crippen LogP contribution in [-0.4, -0.2) is 12.7 Å². The van der Waals surface area contributed by atoms with E-state index in [1.807, 2.05) is 0 Å². The molecule has 7 heteroatoms. The van der Waals surface area contributed by atoms with Crippen molar-refractivity contribution >= 4 is 0 Å². The van der Waals surface area contributed by atoms with Crippen molar-refractivity contribution in [1.82, 2.24) is 0 Å². The number of hydrogen-bond donors (Lipinski definition) is 0. The monoisotopic (exact) mass is 468 g/mol. The fourth-order valence-corrected chi connectivity index (χ4v) is 4.28. The van der Waals surface area contributed by atoms with E-state index in [0.717, 1.165) is 50.7 Å². The van der Waals surface area contributed by atoms with Gasteiger partial charge in [0.05, 0.1) is 6.61 Å². The van der Waals surface area contributed by atoms with Gasteiger partial charge < -0.3 is 9.47 Å². The van der Waals surface area contributed by atoms with Gasteiger partial charge in [-0.1, -0.05) is 31.9 Å². The Balaban J connectivity index is 1.68. The van der Waals surface area contributed by atoms with Gasteiger partial charge >= 0.3 is 6.11 Å². The van der Waals surface area contributed by atoms with Gasteiger partial charge in [0, 0.05) is 11.6 Å². The lowest BCUT2D eigenvalue weighted by Crippen LogP contribution is -2.23. The Morgan fingerprint density at radius 3 is 2.27 bits per heavy atom. The molecule has 2 nitrogen and oxygen atoms in total. The Hall–Kier alpha value is -2.57. The molecule has 1 aliphatic carbocycles. The van der Waals surface area contributed by atoms with Crippen LogP contribution < -0.4 is 9.47 Å². The number of hydrogen-bond acceptors (Lipinski definition) is 2. The molecular weight excluding hydrogens is 439 g/mol. The van der Waals surface area contributed by atoms with E-state index >= 15 is 0 Å². The van der Waals surface area contributed by atoms with Crippen LogP contribution in [0.25, 0.3) is 11.1 Å². The first-order chi connectivity index (χ1) is 15.7. The Morgan fingerprint density at radius 1 is 0.939 bits per heavy atom. The van der Waals surface area contributed by atoms with Crippen molar-refractivity contribution < 1.29 is 31.4 Å². The van der Waals surface area contributed by atoms with Crippen molar-refractivity contribution in [1.29, 1.82) is 0 Å². The van der Waals surface area contributed by atoms with E-state index in [1.54, 1.807) is 6.92 Å². The zero-order valence-corrected chi connectivity index (χ0v) is 18.9. The van der Waals surface area contributed by atoms with Gasteiger partial charge in [0.2, 0.25) is 5.82 Å². The first kappa shape index (κ1) is 25.1. The van der Waals surface area contributed by atoms with E-state index in [4.69, 9.17) is 4.74 Å². The van der Waals surface area contributed by atoms with Crippen molar-refractivity contribution in [3.8, 4) is 22.6 Å². The molecule has 0 amide bonds. The molecule has 0 radical (unpaired) electrons. The molecule has 0 aromatic heterocycles. The Morgan fingerprint density at radius 2 is 1.64 bits per heavy atom. The second-order valence-electron chi connectivity index (χ2n) is 8.41. The third-order valence-corrected chi connectivity index (χ3v) is 5.99. The summed E-state index contributed by atoms with van der Waals surface area (Å²) < 4.78 is 81.2. The van der Waals surface area contributed by atoms with Crippen LogP contribution in [0.4, 0.5) is 22.0 Å². The molecule has 33 heavy (non-hydrogen) atoms. The highest BCUT2D eigenvalue weighted by Gasteiger charge is 2.30. The summed E-state index contributed by atoms with van der Waals surface area (Å²) >= 11 is 0. The number of allylic oxidation sites excluding steroid dienone is 1. The standard InChI is InChI=1S/C26H29F5O2/c1-3-5-17-6-8-18(9-7-17)14-15-26(30,31)33-22-12-10-19(16-21(22)27)20-11-13-23(32-4-2)25(29)24(20)28/h10-18H,3-9H2,1-2H3/b15-14+. The van der Waals surface area contributed by atoms with Crippen LogP contribution in [0.1, 0.15) is 52.4 Å². The minimum Gasteiger partial charge on any atom is -0.491 e. The minimum absolute atomic E-state index is 0.0120. The number of ether oxygens (including phenoxy) is 2. The van der Waals surface area contributed by atoms with Crippen LogP contribution in [0.3, 0.4) is 0 Å². The maximum absolute atomic E-state index is 14.5. The smallest absolute Gasteiger partial charge is 0.419 e. The van der Waals surface area contributed by atoms with Crippen molar-refractivity contribution in [3.05, 3.63) is 59.9 Å². The third kappa shape index (κ3) is 6.49. The molecule has 1 fully saturated rings. The van der Waals surface area contributed by atoms with Crippen molar-refractivity contribution in [2.45, 2.75) is 58.5 Å². The largest absolute Gasteiger partial charge is 0.491 e. The molecule has 0 atom stereocenters. The maximum atomic E-state index is 14.5. The van der Waals surface area contributed by atoms with Crippen LogP contribution in [0.2, 0.25) is 0 Å². The number of alkyl halides is 2. The maximum Gasteiger partial charge on any atom is 0.419 e. The van der Waals surface area contributed by atoms with E-state index in [1.165, 1.54) is 24.3 Å². The minimum atomic E-state index is -3.70. The summed E-state index contributed by atoms with van der Waals surface area (Å²) in [5, 5.41) is 0. The fourth-order valence-electron chi connectivity index (χ4n) is 4.28. The second kappa shape index (κ2) is 11.0. The first-order valence-corrected chi connectivity index (χ1v) is 11.4. The zero-order valence-electron chi connectivity index (χ0n) is 18.9. The van der Waals surface area contributed by atoms with Gasteiger partial charge in [0.15, 0.2) is 23.1 Å². The molecule has 1 aliphatic rings. The number of benzene rings is 2. The predicted molar refractivity (Wildman–Crippen MR) is 118 cm³/mol. The van der Waals surface area contributed by atoms with E-state index in [-0.39, 0.29) is 29.4 Å². The lowest BCUT2D eigenvalue weighted by molar-refractivity contribution is -0.133. The van der Waals surface area contributed by atoms with E-state index in [0.29, 0.717) is 12.0 Å². The summed E-state index contributed by atoms with van der Waals surface area (Å²) in [4.78, 5) is 0. The van der Waals surface area contributed by atoms with Crippen LogP contribution in [0, 0.1) is 29.3 Å². The van der Waals surface area contributed by atoms with Crippen LogP contribution in [0.5, 0.6) is 11.5 Å². The summed E-state index contributed by atoms with van der Waals surface area (Å²) in [5.74, 6) is -3.73. The molecule has 3 rings (SSSR count). The average Bonchev–Trinajstić information content (AvgIpc) is 2.78. The van der Waals surface area contributed by atoms with Gasteiger partial charge in [-0.3, -0.25) is 0 Å². The lowest BCUT2D eigenvalue weighted by atomic mass is 9.80. The Bertz CT molecular complexity index is 965. The predicted octanol–water partition coefficient (Wildman–Crippen LogP) is 8.30. The summed E-state index contributed by atoms with van der Waals surface area (Å²) in [6, 6.07) is 5.49. The Kier molecular flexibility index (Phi) is 8.38. The van der Waals surface area contributed by atoms with Gasteiger partial charge in [0.1, 0.15) is 0 Å². The van der Waals surface area contributed by atoms with Gasteiger partial charge in [-0.15, -0.1) is 0 Å². The van der Waals surface area contributed by atoms with Crippen LogP contribution in [0.15, 0.2) is 42.5 Å². The van der Waals surface area contributed by atoms with Crippen LogP contribution >= 0.6 is 0 Å². The van der Waals surface area contributed by atoms with E-state index < -0.39 is 29.3 Å². The van der Waals surface area contributed by atoms with Crippen LogP contribution in [-0.2, 0) is 0 Å². The normalized spacial score (nSPS) is 19.1. The highest BCUT2D eigenvalue weighted by atomic mass is 19.3. The summed E-state index contributed by atoms with van der Waals surface area (Å²) in [5.41, 5.74) is -0.228. The van der Waals surface area contributed by atoms with Gasteiger partial charge in [-0.05, 0) is 74.3 Å².